The molecular formula is C19H32N2. The van der Waals surface area contributed by atoms with Gasteiger partial charge in [-0.05, 0) is 62.4 Å². The van der Waals surface area contributed by atoms with Gasteiger partial charge >= 0.3 is 0 Å². The summed E-state index contributed by atoms with van der Waals surface area (Å²) in [5.74, 6) is 0. The van der Waals surface area contributed by atoms with Gasteiger partial charge in [0.25, 0.3) is 0 Å². The third kappa shape index (κ3) is 4.08. The lowest BCUT2D eigenvalue weighted by Gasteiger charge is -2.41. The van der Waals surface area contributed by atoms with Gasteiger partial charge in [-0.3, -0.25) is 0 Å². The Labute approximate surface area is 130 Å². The summed E-state index contributed by atoms with van der Waals surface area (Å²) in [6.45, 7) is 10.5. The largest absolute Gasteiger partial charge is 0.324 e. The quantitative estimate of drug-likeness (QED) is 0.846. The van der Waals surface area contributed by atoms with Gasteiger partial charge in [0.05, 0.1) is 0 Å². The Morgan fingerprint density at radius 1 is 1.14 bits per heavy atom. The van der Waals surface area contributed by atoms with Crippen LogP contribution in [0.15, 0.2) is 24.3 Å². The van der Waals surface area contributed by atoms with Crippen molar-refractivity contribution in [3.63, 3.8) is 0 Å². The number of hydrogen-bond acceptors (Lipinski definition) is 2. The molecule has 118 valence electrons. The van der Waals surface area contributed by atoms with E-state index in [1.54, 1.807) is 0 Å². The van der Waals surface area contributed by atoms with Gasteiger partial charge in [0.15, 0.2) is 0 Å². The molecule has 2 heteroatoms. The van der Waals surface area contributed by atoms with Crippen LogP contribution >= 0.6 is 0 Å². The number of nitrogens with zero attached hydrogens (tertiary/aromatic N) is 1. The number of hydrogen-bond donors (Lipinski definition) is 1. The zero-order chi connectivity index (χ0) is 15.3. The second-order valence-electron chi connectivity index (χ2n) is 6.80. The summed E-state index contributed by atoms with van der Waals surface area (Å²) in [5.41, 5.74) is 9.64. The Balaban J connectivity index is 1.81. The van der Waals surface area contributed by atoms with E-state index in [-0.39, 0.29) is 6.04 Å². The lowest BCUT2D eigenvalue weighted by Crippen LogP contribution is -2.40. The first kappa shape index (κ1) is 16.5. The molecule has 1 aromatic rings. The zero-order valence-electron chi connectivity index (χ0n) is 14.1. The normalized spacial score (nSPS) is 20.4. The van der Waals surface area contributed by atoms with Crippen LogP contribution in [0.3, 0.4) is 0 Å². The Morgan fingerprint density at radius 2 is 1.76 bits per heavy atom. The van der Waals surface area contributed by atoms with Crippen LogP contribution < -0.4 is 5.73 Å². The van der Waals surface area contributed by atoms with E-state index < -0.39 is 0 Å². The van der Waals surface area contributed by atoms with E-state index in [9.17, 15) is 0 Å². The van der Waals surface area contributed by atoms with E-state index in [2.05, 4.69) is 49.9 Å². The van der Waals surface area contributed by atoms with Gasteiger partial charge < -0.3 is 10.6 Å². The van der Waals surface area contributed by atoms with E-state index in [4.69, 9.17) is 5.73 Å². The van der Waals surface area contributed by atoms with Crippen LogP contribution in [-0.4, -0.2) is 24.5 Å². The molecule has 2 rings (SSSR count). The molecule has 0 radical (unpaired) electrons. The van der Waals surface area contributed by atoms with Crippen LogP contribution in [0.4, 0.5) is 0 Å². The maximum atomic E-state index is 6.39. The predicted molar refractivity (Wildman–Crippen MR) is 91.4 cm³/mol. The second kappa shape index (κ2) is 7.42. The molecule has 0 spiro atoms. The zero-order valence-corrected chi connectivity index (χ0v) is 14.1. The molecule has 1 heterocycles. The van der Waals surface area contributed by atoms with Crippen molar-refractivity contribution in [2.45, 2.75) is 58.9 Å². The molecule has 0 aromatic heterocycles. The minimum atomic E-state index is 0.176. The molecule has 1 saturated heterocycles. The third-order valence-corrected chi connectivity index (χ3v) is 5.76. The van der Waals surface area contributed by atoms with Crippen LogP contribution in [0.5, 0.6) is 0 Å². The monoisotopic (exact) mass is 288 g/mol. The standard InChI is InChI=1S/C19H32N2/c1-4-19(5-2)11-14-21(15-12-19)13-10-18(20)17-9-7-6-8-16(17)3/h6-9,18H,4-5,10-15,20H2,1-3H3. The molecule has 1 atom stereocenters. The highest BCUT2D eigenvalue weighted by Crippen LogP contribution is 2.38. The van der Waals surface area contributed by atoms with Gasteiger partial charge in [-0.1, -0.05) is 51.0 Å². The first-order valence-corrected chi connectivity index (χ1v) is 8.63. The van der Waals surface area contributed by atoms with Gasteiger partial charge in [-0.2, -0.15) is 0 Å². The summed E-state index contributed by atoms with van der Waals surface area (Å²) in [7, 11) is 0. The molecule has 2 N–H and O–H groups in total. The van der Waals surface area contributed by atoms with Crippen molar-refractivity contribution in [1.82, 2.24) is 4.90 Å². The fraction of sp³-hybridized carbons (Fsp3) is 0.684. The summed E-state index contributed by atoms with van der Waals surface area (Å²) >= 11 is 0. The Kier molecular flexibility index (Phi) is 5.83. The van der Waals surface area contributed by atoms with Crippen LogP contribution in [0.2, 0.25) is 0 Å². The highest BCUT2D eigenvalue weighted by atomic mass is 15.1. The molecular weight excluding hydrogens is 256 g/mol. The topological polar surface area (TPSA) is 29.3 Å². The van der Waals surface area contributed by atoms with Gasteiger partial charge in [0.1, 0.15) is 0 Å². The van der Waals surface area contributed by atoms with Gasteiger partial charge in [0.2, 0.25) is 0 Å². The Morgan fingerprint density at radius 3 is 2.33 bits per heavy atom. The van der Waals surface area contributed by atoms with E-state index in [0.717, 1.165) is 13.0 Å². The fourth-order valence-corrected chi connectivity index (χ4v) is 3.69. The van der Waals surface area contributed by atoms with Gasteiger partial charge in [0, 0.05) is 6.04 Å². The van der Waals surface area contributed by atoms with E-state index in [1.807, 2.05) is 0 Å². The number of piperidine rings is 1. The maximum Gasteiger partial charge on any atom is 0.0309 e. The molecule has 1 fully saturated rings. The SMILES string of the molecule is CCC1(CC)CCN(CCC(N)c2ccccc2C)CC1. The average Bonchev–Trinajstić information content (AvgIpc) is 2.53. The minimum absolute atomic E-state index is 0.176. The van der Waals surface area contributed by atoms with Crippen molar-refractivity contribution in [2.75, 3.05) is 19.6 Å². The summed E-state index contributed by atoms with van der Waals surface area (Å²) in [6, 6.07) is 8.70. The highest BCUT2D eigenvalue weighted by molar-refractivity contribution is 5.28. The molecule has 1 aliphatic heterocycles. The molecule has 1 aromatic carbocycles. The number of rotatable bonds is 6. The lowest BCUT2D eigenvalue weighted by molar-refractivity contribution is 0.0934. The van der Waals surface area contributed by atoms with Crippen molar-refractivity contribution in [2.24, 2.45) is 11.1 Å². The molecule has 0 bridgehead atoms. The number of likely N-dealkylation sites (tertiary alicyclic amines) is 1. The second-order valence-corrected chi connectivity index (χ2v) is 6.80. The summed E-state index contributed by atoms with van der Waals surface area (Å²) < 4.78 is 0. The summed E-state index contributed by atoms with van der Waals surface area (Å²) in [6.07, 6.45) is 6.45. The molecule has 1 unspecified atom stereocenters. The summed E-state index contributed by atoms with van der Waals surface area (Å²) in [5, 5.41) is 0. The Hall–Kier alpha value is -0.860. The lowest BCUT2D eigenvalue weighted by atomic mass is 9.74. The highest BCUT2D eigenvalue weighted by Gasteiger charge is 2.31. The smallest absolute Gasteiger partial charge is 0.0309 e. The third-order valence-electron chi connectivity index (χ3n) is 5.76. The summed E-state index contributed by atoms with van der Waals surface area (Å²) in [4.78, 5) is 2.61. The average molecular weight is 288 g/mol. The molecule has 0 aliphatic carbocycles. The van der Waals surface area contributed by atoms with Crippen molar-refractivity contribution in [1.29, 1.82) is 0 Å². The minimum Gasteiger partial charge on any atom is -0.324 e. The van der Waals surface area contributed by atoms with E-state index in [0.29, 0.717) is 5.41 Å². The van der Waals surface area contributed by atoms with Crippen molar-refractivity contribution < 1.29 is 0 Å². The van der Waals surface area contributed by atoms with Crippen LogP contribution in [0.1, 0.15) is 63.1 Å². The number of aryl methyl sites for hydroxylation is 1. The fourth-order valence-electron chi connectivity index (χ4n) is 3.69. The molecule has 2 nitrogen and oxygen atoms in total. The molecule has 0 saturated carbocycles. The molecule has 0 amide bonds. The first-order chi connectivity index (χ1) is 10.1. The van der Waals surface area contributed by atoms with Crippen molar-refractivity contribution in [3.05, 3.63) is 35.4 Å². The van der Waals surface area contributed by atoms with Crippen LogP contribution in [0.25, 0.3) is 0 Å². The van der Waals surface area contributed by atoms with Crippen LogP contribution in [0, 0.1) is 12.3 Å². The molecule has 1 aliphatic rings. The number of benzene rings is 1. The first-order valence-electron chi connectivity index (χ1n) is 8.63. The molecule has 21 heavy (non-hydrogen) atoms. The number of nitrogens with two attached hydrogens (primary N) is 1. The predicted octanol–water partition coefficient (Wildman–Crippen LogP) is 4.29. The Bertz CT molecular complexity index is 427. The van der Waals surface area contributed by atoms with Crippen molar-refractivity contribution in [3.8, 4) is 0 Å². The van der Waals surface area contributed by atoms with Crippen molar-refractivity contribution >= 4 is 0 Å². The van der Waals surface area contributed by atoms with E-state index in [1.165, 1.54) is 49.9 Å². The van der Waals surface area contributed by atoms with E-state index >= 15 is 0 Å². The van der Waals surface area contributed by atoms with Gasteiger partial charge in [-0.15, -0.1) is 0 Å². The van der Waals surface area contributed by atoms with Crippen LogP contribution in [-0.2, 0) is 0 Å². The van der Waals surface area contributed by atoms with Gasteiger partial charge in [-0.25, -0.2) is 0 Å². The maximum absolute atomic E-state index is 6.39.